The molecule has 0 spiro atoms. The van der Waals surface area contributed by atoms with Gasteiger partial charge in [0, 0.05) is 23.3 Å². The Hall–Kier alpha value is -1.51. The molecule has 116 valence electrons. The van der Waals surface area contributed by atoms with Crippen LogP contribution in [0.4, 0.5) is 5.69 Å². The molecular formula is C19H24N2O. The predicted molar refractivity (Wildman–Crippen MR) is 87.0 cm³/mol. The lowest BCUT2D eigenvalue weighted by Crippen LogP contribution is -2.59. The largest absolute Gasteiger partial charge is 0.384 e. The van der Waals surface area contributed by atoms with Crippen LogP contribution in [0.3, 0.4) is 0 Å². The Balaban J connectivity index is 1.38. The molecule has 6 rings (SSSR count). The number of carbonyl (C=O) groups is 1. The quantitative estimate of drug-likeness (QED) is 0.878. The fraction of sp³-hybridized carbons (Fsp3) is 0.632. The van der Waals surface area contributed by atoms with Gasteiger partial charge in [-0.3, -0.25) is 4.79 Å². The van der Waals surface area contributed by atoms with Gasteiger partial charge in [0.15, 0.2) is 0 Å². The van der Waals surface area contributed by atoms with Crippen LogP contribution in [0.2, 0.25) is 0 Å². The maximum atomic E-state index is 12.8. The van der Waals surface area contributed by atoms with E-state index in [4.69, 9.17) is 0 Å². The number of hydrogen-bond donors (Lipinski definition) is 2. The molecule has 1 aromatic carbocycles. The highest BCUT2D eigenvalue weighted by Gasteiger charge is 2.51. The zero-order valence-corrected chi connectivity index (χ0v) is 13.0. The van der Waals surface area contributed by atoms with Gasteiger partial charge in [0.1, 0.15) is 0 Å². The SMILES string of the molecule is O=C(NC12CC3CC(CC(C3)C1)C2)c1ccc2c(c1)CCN2. The molecular weight excluding hydrogens is 272 g/mol. The minimum Gasteiger partial charge on any atom is -0.384 e. The number of benzene rings is 1. The van der Waals surface area contributed by atoms with Crippen molar-refractivity contribution >= 4 is 11.6 Å². The molecule has 5 aliphatic rings. The number of amides is 1. The molecule has 0 atom stereocenters. The number of hydrogen-bond acceptors (Lipinski definition) is 2. The van der Waals surface area contributed by atoms with Crippen molar-refractivity contribution in [3.05, 3.63) is 29.3 Å². The lowest BCUT2D eigenvalue weighted by molar-refractivity contribution is -0.0167. The molecule has 4 bridgehead atoms. The maximum Gasteiger partial charge on any atom is 0.251 e. The lowest BCUT2D eigenvalue weighted by atomic mass is 9.53. The van der Waals surface area contributed by atoms with E-state index in [1.807, 2.05) is 6.07 Å². The molecule has 0 saturated heterocycles. The van der Waals surface area contributed by atoms with Gasteiger partial charge >= 0.3 is 0 Å². The molecule has 2 N–H and O–H groups in total. The van der Waals surface area contributed by atoms with Gasteiger partial charge < -0.3 is 10.6 Å². The van der Waals surface area contributed by atoms with Crippen molar-refractivity contribution in [2.45, 2.75) is 50.5 Å². The van der Waals surface area contributed by atoms with Crippen molar-refractivity contribution in [1.29, 1.82) is 0 Å². The summed E-state index contributed by atoms with van der Waals surface area (Å²) in [5, 5.41) is 6.83. The topological polar surface area (TPSA) is 41.1 Å². The first-order valence-corrected chi connectivity index (χ1v) is 8.88. The average Bonchev–Trinajstić information content (AvgIpc) is 2.92. The highest BCUT2D eigenvalue weighted by molar-refractivity contribution is 5.95. The Morgan fingerprint density at radius 2 is 1.77 bits per heavy atom. The van der Waals surface area contributed by atoms with E-state index in [1.54, 1.807) is 0 Å². The Labute approximate surface area is 131 Å². The summed E-state index contributed by atoms with van der Waals surface area (Å²) in [6, 6.07) is 6.13. The van der Waals surface area contributed by atoms with Crippen molar-refractivity contribution in [2.75, 3.05) is 11.9 Å². The van der Waals surface area contributed by atoms with Gasteiger partial charge in [0.2, 0.25) is 0 Å². The Morgan fingerprint density at radius 3 is 2.45 bits per heavy atom. The number of rotatable bonds is 2. The van der Waals surface area contributed by atoms with Crippen molar-refractivity contribution in [1.82, 2.24) is 5.32 Å². The second kappa shape index (κ2) is 4.50. The standard InChI is InChI=1S/C19H24N2O/c22-18(16-1-2-17-15(8-16)3-4-20-17)21-19-9-12-5-13(10-19)7-14(6-12)11-19/h1-2,8,12-14,20H,3-7,9-11H2,(H,21,22). The highest BCUT2D eigenvalue weighted by atomic mass is 16.1. The van der Waals surface area contributed by atoms with Crippen LogP contribution < -0.4 is 10.6 Å². The van der Waals surface area contributed by atoms with E-state index in [0.29, 0.717) is 0 Å². The summed E-state index contributed by atoms with van der Waals surface area (Å²) in [5.41, 5.74) is 3.45. The second-order valence-corrected chi connectivity index (χ2v) is 8.20. The zero-order valence-electron chi connectivity index (χ0n) is 13.0. The van der Waals surface area contributed by atoms with Gasteiger partial charge in [-0.05, 0) is 86.5 Å². The molecule has 0 unspecified atom stereocenters. The average molecular weight is 296 g/mol. The van der Waals surface area contributed by atoms with E-state index < -0.39 is 0 Å². The van der Waals surface area contributed by atoms with Gasteiger partial charge in [-0.25, -0.2) is 0 Å². The molecule has 22 heavy (non-hydrogen) atoms. The van der Waals surface area contributed by atoms with Crippen molar-refractivity contribution < 1.29 is 4.79 Å². The monoisotopic (exact) mass is 296 g/mol. The van der Waals surface area contributed by atoms with E-state index in [1.165, 1.54) is 49.8 Å². The molecule has 1 aliphatic heterocycles. The van der Waals surface area contributed by atoms with Crippen LogP contribution in [0.1, 0.15) is 54.4 Å². The van der Waals surface area contributed by atoms with Crippen molar-refractivity contribution in [3.63, 3.8) is 0 Å². The van der Waals surface area contributed by atoms with E-state index in [9.17, 15) is 4.79 Å². The first-order chi connectivity index (χ1) is 10.7. The Kier molecular flexibility index (Phi) is 2.65. The van der Waals surface area contributed by atoms with Crippen LogP contribution >= 0.6 is 0 Å². The summed E-state index contributed by atoms with van der Waals surface area (Å²) in [6.45, 7) is 0.995. The number of nitrogens with one attached hydrogen (secondary N) is 2. The van der Waals surface area contributed by atoms with Crippen LogP contribution in [0.25, 0.3) is 0 Å². The van der Waals surface area contributed by atoms with Gasteiger partial charge in [0.25, 0.3) is 5.91 Å². The molecule has 4 fully saturated rings. The van der Waals surface area contributed by atoms with E-state index in [2.05, 4.69) is 22.8 Å². The molecule has 1 amide bonds. The second-order valence-electron chi connectivity index (χ2n) is 8.20. The number of anilines is 1. The first kappa shape index (κ1) is 13.0. The smallest absolute Gasteiger partial charge is 0.251 e. The van der Waals surface area contributed by atoms with Crippen LogP contribution in [0, 0.1) is 17.8 Å². The zero-order chi connectivity index (χ0) is 14.7. The van der Waals surface area contributed by atoms with Crippen molar-refractivity contribution in [2.24, 2.45) is 17.8 Å². The molecule has 3 nitrogen and oxygen atoms in total. The third-order valence-corrected chi connectivity index (χ3v) is 6.49. The fourth-order valence-electron chi connectivity index (χ4n) is 6.02. The van der Waals surface area contributed by atoms with Gasteiger partial charge in [-0.1, -0.05) is 0 Å². The minimum atomic E-state index is 0.114. The third-order valence-electron chi connectivity index (χ3n) is 6.49. The first-order valence-electron chi connectivity index (χ1n) is 8.88. The summed E-state index contributed by atoms with van der Waals surface area (Å²) in [7, 11) is 0. The molecule has 0 radical (unpaired) electrons. The molecule has 0 aromatic heterocycles. The Morgan fingerprint density at radius 1 is 1.09 bits per heavy atom. The highest BCUT2D eigenvalue weighted by Crippen LogP contribution is 2.55. The fourth-order valence-corrected chi connectivity index (χ4v) is 6.02. The molecule has 1 heterocycles. The van der Waals surface area contributed by atoms with Gasteiger partial charge in [0.05, 0.1) is 0 Å². The summed E-state index contributed by atoms with van der Waals surface area (Å²) in [5.74, 6) is 2.76. The van der Waals surface area contributed by atoms with E-state index >= 15 is 0 Å². The molecule has 3 heteroatoms. The number of fused-ring (bicyclic) bond motifs is 1. The normalized spacial score (nSPS) is 37.7. The third kappa shape index (κ3) is 1.98. The van der Waals surface area contributed by atoms with E-state index in [-0.39, 0.29) is 11.4 Å². The summed E-state index contributed by atoms with van der Waals surface area (Å²) < 4.78 is 0. The van der Waals surface area contributed by atoms with Crippen LogP contribution in [0.15, 0.2) is 18.2 Å². The van der Waals surface area contributed by atoms with Crippen LogP contribution in [-0.4, -0.2) is 18.0 Å². The summed E-state index contributed by atoms with van der Waals surface area (Å²) in [4.78, 5) is 12.8. The van der Waals surface area contributed by atoms with Crippen LogP contribution in [0.5, 0.6) is 0 Å². The lowest BCUT2D eigenvalue weighted by Gasteiger charge is -2.56. The predicted octanol–water partition coefficient (Wildman–Crippen LogP) is 3.35. The Bertz CT molecular complexity index is 601. The van der Waals surface area contributed by atoms with Crippen LogP contribution in [-0.2, 0) is 6.42 Å². The van der Waals surface area contributed by atoms with Gasteiger partial charge in [-0.2, -0.15) is 0 Å². The van der Waals surface area contributed by atoms with Crippen molar-refractivity contribution in [3.8, 4) is 0 Å². The molecule has 4 aliphatic carbocycles. The number of carbonyl (C=O) groups excluding carboxylic acids is 1. The molecule has 4 saturated carbocycles. The molecule has 1 aromatic rings. The van der Waals surface area contributed by atoms with Gasteiger partial charge in [-0.15, -0.1) is 0 Å². The maximum absolute atomic E-state index is 12.8. The van der Waals surface area contributed by atoms with E-state index in [0.717, 1.165) is 36.3 Å². The summed E-state index contributed by atoms with van der Waals surface area (Å²) in [6.07, 6.45) is 8.94. The summed E-state index contributed by atoms with van der Waals surface area (Å²) >= 11 is 0. The minimum absolute atomic E-state index is 0.114.